The van der Waals surface area contributed by atoms with Crippen LogP contribution in [-0.2, 0) is 9.84 Å². The third-order valence-corrected chi connectivity index (χ3v) is 6.16. The Morgan fingerprint density at radius 3 is 2.57 bits per heavy atom. The van der Waals surface area contributed by atoms with E-state index in [1.165, 1.54) is 12.8 Å². The van der Waals surface area contributed by atoms with E-state index in [9.17, 15) is 8.42 Å². The van der Waals surface area contributed by atoms with Crippen molar-refractivity contribution in [3.05, 3.63) is 0 Å². The van der Waals surface area contributed by atoms with Gasteiger partial charge in [-0.2, -0.15) is 0 Å². The lowest BCUT2D eigenvalue weighted by atomic mass is 9.87. The van der Waals surface area contributed by atoms with Crippen LogP contribution in [0.1, 0.15) is 39.0 Å². The number of hydrogen-bond donors (Lipinski definition) is 1. The fraction of sp³-hybridized carbons (Fsp3) is 0.929. The highest BCUT2D eigenvalue weighted by atomic mass is 127. The average Bonchev–Trinajstić information content (AvgIpc) is 2.34. The minimum atomic E-state index is -2.96. The Balaban J connectivity index is 0.00000220. The molecule has 2 rings (SSSR count). The average molecular weight is 429 g/mol. The summed E-state index contributed by atoms with van der Waals surface area (Å²) in [5.41, 5.74) is 5.96. The SMILES string of the molecule is CC1CCCN(C(N)=NCCS(=O)(=O)CC2CCC2)C1.I. The maximum Gasteiger partial charge on any atom is 0.191 e. The Hall–Kier alpha value is -0.0500. The van der Waals surface area contributed by atoms with E-state index in [0.717, 1.165) is 32.4 Å². The monoisotopic (exact) mass is 429 g/mol. The molecule has 0 radical (unpaired) electrons. The Morgan fingerprint density at radius 2 is 2.00 bits per heavy atom. The van der Waals surface area contributed by atoms with Crippen LogP contribution in [0.4, 0.5) is 0 Å². The molecule has 1 aliphatic heterocycles. The van der Waals surface area contributed by atoms with Crippen LogP contribution in [0.5, 0.6) is 0 Å². The van der Waals surface area contributed by atoms with Crippen molar-refractivity contribution < 1.29 is 8.42 Å². The van der Waals surface area contributed by atoms with Crippen LogP contribution in [0, 0.1) is 11.8 Å². The molecular formula is C14H28IN3O2S. The third kappa shape index (κ3) is 6.30. The van der Waals surface area contributed by atoms with Gasteiger partial charge in [0.25, 0.3) is 0 Å². The first-order valence-corrected chi connectivity index (χ1v) is 9.54. The van der Waals surface area contributed by atoms with Crippen LogP contribution in [0.15, 0.2) is 4.99 Å². The molecule has 1 saturated carbocycles. The molecule has 7 heteroatoms. The first kappa shape index (κ1) is 19.0. The minimum Gasteiger partial charge on any atom is -0.370 e. The molecule has 0 aromatic heterocycles. The second kappa shape index (κ2) is 8.55. The molecule has 21 heavy (non-hydrogen) atoms. The second-order valence-corrected chi connectivity index (χ2v) is 8.57. The molecule has 2 fully saturated rings. The lowest BCUT2D eigenvalue weighted by Crippen LogP contribution is -2.43. The Labute approximate surface area is 145 Å². The highest BCUT2D eigenvalue weighted by molar-refractivity contribution is 14.0. The summed E-state index contributed by atoms with van der Waals surface area (Å²) in [5.74, 6) is 2.01. The van der Waals surface area contributed by atoms with E-state index in [1.807, 2.05) is 0 Å². The van der Waals surface area contributed by atoms with Crippen LogP contribution >= 0.6 is 24.0 Å². The van der Waals surface area contributed by atoms with Crippen LogP contribution in [-0.4, -0.2) is 50.4 Å². The van der Waals surface area contributed by atoms with E-state index in [2.05, 4.69) is 16.8 Å². The summed E-state index contributed by atoms with van der Waals surface area (Å²) in [6.45, 7) is 4.38. The van der Waals surface area contributed by atoms with Crippen molar-refractivity contribution in [2.75, 3.05) is 31.1 Å². The molecule has 1 heterocycles. The quantitative estimate of drug-likeness (QED) is 0.411. The highest BCUT2D eigenvalue weighted by Gasteiger charge is 2.24. The molecule has 124 valence electrons. The van der Waals surface area contributed by atoms with Crippen LogP contribution in [0.2, 0.25) is 0 Å². The van der Waals surface area contributed by atoms with Crippen molar-refractivity contribution in [3.63, 3.8) is 0 Å². The summed E-state index contributed by atoms with van der Waals surface area (Å²) in [4.78, 5) is 6.34. The van der Waals surface area contributed by atoms with Gasteiger partial charge in [-0.25, -0.2) is 8.42 Å². The normalized spacial score (nSPS) is 24.3. The van der Waals surface area contributed by atoms with E-state index < -0.39 is 9.84 Å². The highest BCUT2D eigenvalue weighted by Crippen LogP contribution is 2.27. The molecular weight excluding hydrogens is 401 g/mol. The molecule has 0 spiro atoms. The van der Waals surface area contributed by atoms with Gasteiger partial charge in [-0.1, -0.05) is 13.3 Å². The number of nitrogens with two attached hydrogens (primary N) is 1. The number of likely N-dealkylation sites (tertiary alicyclic amines) is 1. The molecule has 2 N–H and O–H groups in total. The summed E-state index contributed by atoms with van der Waals surface area (Å²) < 4.78 is 23.8. The Kier molecular flexibility index (Phi) is 7.73. The summed E-state index contributed by atoms with van der Waals surface area (Å²) in [6.07, 6.45) is 5.68. The molecule has 1 aliphatic carbocycles. The molecule has 0 aromatic carbocycles. The van der Waals surface area contributed by atoms with Crippen molar-refractivity contribution in [1.82, 2.24) is 4.90 Å². The molecule has 2 aliphatic rings. The molecule has 1 atom stereocenters. The van der Waals surface area contributed by atoms with Gasteiger partial charge in [-0.05, 0) is 37.5 Å². The number of nitrogens with zero attached hydrogens (tertiary/aromatic N) is 2. The summed E-state index contributed by atoms with van der Waals surface area (Å²) in [7, 11) is -2.96. The minimum absolute atomic E-state index is 0. The lowest BCUT2D eigenvalue weighted by Gasteiger charge is -2.31. The largest absolute Gasteiger partial charge is 0.370 e. The van der Waals surface area contributed by atoms with Crippen molar-refractivity contribution >= 4 is 39.8 Å². The Morgan fingerprint density at radius 1 is 1.29 bits per heavy atom. The maximum absolute atomic E-state index is 11.9. The molecule has 0 bridgehead atoms. The van der Waals surface area contributed by atoms with Crippen LogP contribution in [0.3, 0.4) is 0 Å². The molecule has 5 nitrogen and oxygen atoms in total. The van der Waals surface area contributed by atoms with Crippen molar-refractivity contribution in [3.8, 4) is 0 Å². The van der Waals surface area contributed by atoms with Crippen LogP contribution in [0.25, 0.3) is 0 Å². The molecule has 1 unspecified atom stereocenters. The second-order valence-electron chi connectivity index (χ2n) is 6.34. The zero-order chi connectivity index (χ0) is 14.6. The van der Waals surface area contributed by atoms with Gasteiger partial charge in [-0.3, -0.25) is 4.99 Å². The predicted octanol–water partition coefficient (Wildman–Crippen LogP) is 1.87. The smallest absolute Gasteiger partial charge is 0.191 e. The first-order valence-electron chi connectivity index (χ1n) is 7.71. The number of piperidine rings is 1. The van der Waals surface area contributed by atoms with E-state index in [4.69, 9.17) is 5.73 Å². The fourth-order valence-corrected chi connectivity index (χ4v) is 4.49. The number of aliphatic imine (C=N–C) groups is 1. The molecule has 0 amide bonds. The zero-order valence-electron chi connectivity index (χ0n) is 12.8. The van der Waals surface area contributed by atoms with Crippen molar-refractivity contribution in [2.45, 2.75) is 39.0 Å². The van der Waals surface area contributed by atoms with Gasteiger partial charge in [0.1, 0.15) is 0 Å². The van der Waals surface area contributed by atoms with Gasteiger partial charge in [0, 0.05) is 13.1 Å². The van der Waals surface area contributed by atoms with Crippen molar-refractivity contribution in [1.29, 1.82) is 0 Å². The van der Waals surface area contributed by atoms with Gasteiger partial charge < -0.3 is 10.6 Å². The maximum atomic E-state index is 11.9. The number of halogens is 1. The van der Waals surface area contributed by atoms with E-state index >= 15 is 0 Å². The Bertz CT molecular complexity index is 449. The number of rotatable bonds is 5. The lowest BCUT2D eigenvalue weighted by molar-refractivity contribution is 0.270. The number of hydrogen-bond acceptors (Lipinski definition) is 3. The summed E-state index contributed by atoms with van der Waals surface area (Å²) in [6, 6.07) is 0. The molecule has 1 saturated heterocycles. The van der Waals surface area contributed by atoms with Gasteiger partial charge in [-0.15, -0.1) is 24.0 Å². The zero-order valence-corrected chi connectivity index (χ0v) is 16.0. The summed E-state index contributed by atoms with van der Waals surface area (Å²) >= 11 is 0. The standard InChI is InChI=1S/C14H27N3O2S.HI/c1-12-4-3-8-17(10-12)14(15)16-7-9-20(18,19)11-13-5-2-6-13;/h12-13H,2-11H2,1H3,(H2,15,16);1H. The van der Waals surface area contributed by atoms with E-state index in [0.29, 0.717) is 30.1 Å². The van der Waals surface area contributed by atoms with Crippen LogP contribution < -0.4 is 5.73 Å². The first-order chi connectivity index (χ1) is 9.46. The topological polar surface area (TPSA) is 75.8 Å². The van der Waals surface area contributed by atoms with E-state index in [-0.39, 0.29) is 29.7 Å². The molecule has 0 aromatic rings. The van der Waals surface area contributed by atoms with Gasteiger partial charge in [0.2, 0.25) is 0 Å². The van der Waals surface area contributed by atoms with Crippen molar-refractivity contribution in [2.24, 2.45) is 22.6 Å². The third-order valence-electron chi connectivity index (χ3n) is 4.37. The fourth-order valence-electron chi connectivity index (χ4n) is 2.90. The summed E-state index contributed by atoms with van der Waals surface area (Å²) in [5, 5.41) is 0. The van der Waals surface area contributed by atoms with E-state index in [1.54, 1.807) is 0 Å². The number of sulfone groups is 1. The van der Waals surface area contributed by atoms with Gasteiger partial charge in [0.05, 0.1) is 18.1 Å². The van der Waals surface area contributed by atoms with Gasteiger partial charge >= 0.3 is 0 Å². The number of guanidine groups is 1. The van der Waals surface area contributed by atoms with Gasteiger partial charge in [0.15, 0.2) is 15.8 Å². The predicted molar refractivity (Wildman–Crippen MR) is 97.9 cm³/mol.